The third-order valence-corrected chi connectivity index (χ3v) is 1.68. The molecular formula is C8H8O3S. The Labute approximate surface area is 73.5 Å². The van der Waals surface area contributed by atoms with Gasteiger partial charge in [-0.25, -0.2) is 0 Å². The first kappa shape index (κ1) is 8.80. The third-order valence-electron chi connectivity index (χ3n) is 1.05. The molecule has 0 bridgehead atoms. The van der Waals surface area contributed by atoms with Crippen molar-refractivity contribution < 1.29 is 12.6 Å². The normalized spacial score (nSPS) is 11.7. The molecule has 3 nitrogen and oxygen atoms in total. The van der Waals surface area contributed by atoms with Crippen LogP contribution in [0.5, 0.6) is 5.75 Å². The Morgan fingerprint density at radius 2 is 2.00 bits per heavy atom. The smallest absolute Gasteiger partial charge is 0.380 e. The highest BCUT2D eigenvalue weighted by atomic mass is 32.2. The van der Waals surface area contributed by atoms with Crippen molar-refractivity contribution in [3.8, 4) is 5.75 Å². The average Bonchev–Trinajstić information content (AvgIpc) is 2.06. The molecular weight excluding hydrogens is 176 g/mol. The van der Waals surface area contributed by atoms with Crippen molar-refractivity contribution >= 4 is 11.4 Å². The maximum Gasteiger partial charge on any atom is 0.417 e. The van der Waals surface area contributed by atoms with E-state index in [0.717, 1.165) is 6.26 Å². The van der Waals surface area contributed by atoms with E-state index in [-0.39, 0.29) is 0 Å². The summed E-state index contributed by atoms with van der Waals surface area (Å²) in [5, 5.41) is 0. The lowest BCUT2D eigenvalue weighted by Gasteiger charge is -2.00. The monoisotopic (exact) mass is 184 g/mol. The van der Waals surface area contributed by atoms with Gasteiger partial charge in [0.15, 0.2) is 0 Å². The molecule has 0 N–H and O–H groups in total. The van der Waals surface area contributed by atoms with Crippen LogP contribution in [0, 0.1) is 0 Å². The van der Waals surface area contributed by atoms with Gasteiger partial charge < -0.3 is 8.37 Å². The fourth-order valence-corrected chi connectivity index (χ4v) is 1.05. The molecule has 0 amide bonds. The number of para-hydroxylation sites is 1. The van der Waals surface area contributed by atoms with Crippen molar-refractivity contribution in [1.29, 1.82) is 0 Å². The van der Waals surface area contributed by atoms with Gasteiger partial charge in [-0.1, -0.05) is 24.8 Å². The SMILES string of the molecule is C=COS(=O)Oc1ccccc1. The van der Waals surface area contributed by atoms with Crippen LogP contribution in [0.4, 0.5) is 0 Å². The number of hydrogen-bond donors (Lipinski definition) is 0. The zero-order chi connectivity index (χ0) is 8.81. The lowest BCUT2D eigenvalue weighted by atomic mass is 10.3. The minimum absolute atomic E-state index is 0.498. The van der Waals surface area contributed by atoms with E-state index in [4.69, 9.17) is 4.18 Å². The topological polar surface area (TPSA) is 35.5 Å². The molecule has 0 aromatic heterocycles. The highest BCUT2D eigenvalue weighted by Crippen LogP contribution is 2.09. The van der Waals surface area contributed by atoms with Crippen LogP contribution in [-0.4, -0.2) is 4.21 Å². The van der Waals surface area contributed by atoms with Crippen molar-refractivity contribution in [3.05, 3.63) is 43.2 Å². The quantitative estimate of drug-likeness (QED) is 0.669. The zero-order valence-corrected chi connectivity index (χ0v) is 7.12. The molecule has 0 spiro atoms. The van der Waals surface area contributed by atoms with Gasteiger partial charge in [-0.2, -0.15) is 4.21 Å². The summed E-state index contributed by atoms with van der Waals surface area (Å²) in [6, 6.07) is 8.76. The van der Waals surface area contributed by atoms with Crippen LogP contribution in [0.3, 0.4) is 0 Å². The van der Waals surface area contributed by atoms with Gasteiger partial charge >= 0.3 is 11.4 Å². The number of hydrogen-bond acceptors (Lipinski definition) is 3. The lowest BCUT2D eigenvalue weighted by molar-refractivity contribution is 0.425. The van der Waals surface area contributed by atoms with Gasteiger partial charge in [0.25, 0.3) is 0 Å². The molecule has 1 aromatic carbocycles. The molecule has 0 heterocycles. The fourth-order valence-electron chi connectivity index (χ4n) is 0.630. The first-order chi connectivity index (χ1) is 5.83. The number of benzene rings is 1. The molecule has 0 fully saturated rings. The summed E-state index contributed by atoms with van der Waals surface area (Å²) in [6.07, 6.45) is 1.07. The first-order valence-corrected chi connectivity index (χ1v) is 4.26. The number of rotatable bonds is 4. The van der Waals surface area contributed by atoms with E-state index < -0.39 is 11.4 Å². The van der Waals surface area contributed by atoms with Crippen molar-refractivity contribution in [2.24, 2.45) is 0 Å². The van der Waals surface area contributed by atoms with Crippen LogP contribution < -0.4 is 4.18 Å². The summed E-state index contributed by atoms with van der Waals surface area (Å²) in [5.74, 6) is 0.498. The third kappa shape index (κ3) is 2.75. The molecule has 0 saturated carbocycles. The average molecular weight is 184 g/mol. The largest absolute Gasteiger partial charge is 0.417 e. The van der Waals surface area contributed by atoms with Crippen LogP contribution in [-0.2, 0) is 15.5 Å². The summed E-state index contributed by atoms with van der Waals surface area (Å²) in [4.78, 5) is 0. The molecule has 1 rings (SSSR count). The van der Waals surface area contributed by atoms with E-state index in [1.54, 1.807) is 24.3 Å². The van der Waals surface area contributed by atoms with Crippen LogP contribution >= 0.6 is 0 Å². The van der Waals surface area contributed by atoms with Gasteiger partial charge in [0.1, 0.15) is 12.0 Å². The van der Waals surface area contributed by atoms with E-state index in [9.17, 15) is 4.21 Å². The molecule has 0 saturated heterocycles. The molecule has 1 atom stereocenters. The Morgan fingerprint density at radius 1 is 1.33 bits per heavy atom. The van der Waals surface area contributed by atoms with E-state index >= 15 is 0 Å². The van der Waals surface area contributed by atoms with E-state index in [1.807, 2.05) is 6.07 Å². The van der Waals surface area contributed by atoms with Crippen molar-refractivity contribution in [3.63, 3.8) is 0 Å². The van der Waals surface area contributed by atoms with Gasteiger partial charge in [0.2, 0.25) is 0 Å². The minimum atomic E-state index is -1.79. The van der Waals surface area contributed by atoms with Crippen molar-refractivity contribution in [2.75, 3.05) is 0 Å². The molecule has 0 radical (unpaired) electrons. The molecule has 1 unspecified atom stereocenters. The molecule has 64 valence electrons. The Morgan fingerprint density at radius 3 is 2.58 bits per heavy atom. The zero-order valence-electron chi connectivity index (χ0n) is 6.30. The van der Waals surface area contributed by atoms with E-state index in [2.05, 4.69) is 10.8 Å². The highest BCUT2D eigenvalue weighted by molar-refractivity contribution is 7.75. The highest BCUT2D eigenvalue weighted by Gasteiger charge is 1.99. The summed E-state index contributed by atoms with van der Waals surface area (Å²) < 4.78 is 20.1. The van der Waals surface area contributed by atoms with Crippen LogP contribution in [0.15, 0.2) is 43.2 Å². The van der Waals surface area contributed by atoms with Gasteiger partial charge in [0.05, 0.1) is 0 Å². The first-order valence-electron chi connectivity index (χ1n) is 3.26. The molecule has 0 aliphatic carbocycles. The second-order valence-corrected chi connectivity index (χ2v) is 2.63. The Kier molecular flexibility index (Phi) is 3.35. The van der Waals surface area contributed by atoms with Gasteiger partial charge in [-0.15, -0.1) is 0 Å². The Bertz CT molecular complexity index is 271. The summed E-state index contributed by atoms with van der Waals surface area (Å²) in [7, 11) is 0. The minimum Gasteiger partial charge on any atom is -0.380 e. The van der Waals surface area contributed by atoms with Crippen LogP contribution in [0.25, 0.3) is 0 Å². The summed E-state index contributed by atoms with van der Waals surface area (Å²) in [5.41, 5.74) is 0. The Balaban J connectivity index is 2.52. The molecule has 1 aromatic rings. The van der Waals surface area contributed by atoms with E-state index in [1.165, 1.54) is 0 Å². The Hall–Kier alpha value is -1.29. The standard InChI is InChI=1S/C8H8O3S/c1-2-10-12(9)11-8-6-4-3-5-7-8/h2-7H,1H2. The maximum atomic E-state index is 10.8. The molecule has 12 heavy (non-hydrogen) atoms. The van der Waals surface area contributed by atoms with E-state index in [0.29, 0.717) is 5.75 Å². The van der Waals surface area contributed by atoms with Gasteiger partial charge in [-0.05, 0) is 12.1 Å². The fraction of sp³-hybridized carbons (Fsp3) is 0. The molecule has 0 aliphatic heterocycles. The van der Waals surface area contributed by atoms with Gasteiger partial charge in [-0.3, -0.25) is 0 Å². The van der Waals surface area contributed by atoms with Crippen LogP contribution in [0.1, 0.15) is 0 Å². The molecule has 0 aliphatic rings. The van der Waals surface area contributed by atoms with Crippen molar-refractivity contribution in [1.82, 2.24) is 0 Å². The van der Waals surface area contributed by atoms with Crippen molar-refractivity contribution in [2.45, 2.75) is 0 Å². The predicted molar refractivity (Wildman–Crippen MR) is 46.5 cm³/mol. The second-order valence-electron chi connectivity index (χ2n) is 1.86. The molecule has 4 heteroatoms. The summed E-state index contributed by atoms with van der Waals surface area (Å²) >= 11 is -1.79. The predicted octanol–water partition coefficient (Wildman–Crippen LogP) is 1.80. The second kappa shape index (κ2) is 4.56. The lowest BCUT2D eigenvalue weighted by Crippen LogP contribution is -2.00. The van der Waals surface area contributed by atoms with Crippen LogP contribution in [0.2, 0.25) is 0 Å². The van der Waals surface area contributed by atoms with Gasteiger partial charge in [0, 0.05) is 0 Å². The maximum absolute atomic E-state index is 10.8. The summed E-state index contributed by atoms with van der Waals surface area (Å²) in [6.45, 7) is 3.25.